The third kappa shape index (κ3) is 3.50. The molecule has 3 rings (SSSR count). The van der Waals surface area contributed by atoms with Crippen LogP contribution in [0.25, 0.3) is 0 Å². The first-order valence-electron chi connectivity index (χ1n) is 7.58. The van der Waals surface area contributed by atoms with Crippen molar-refractivity contribution in [1.29, 1.82) is 0 Å². The molecule has 0 fully saturated rings. The van der Waals surface area contributed by atoms with Crippen molar-refractivity contribution in [2.45, 2.75) is 13.0 Å². The summed E-state index contributed by atoms with van der Waals surface area (Å²) in [5.41, 5.74) is 0.568. The number of aromatic nitrogens is 2. The van der Waals surface area contributed by atoms with Crippen molar-refractivity contribution >= 4 is 5.91 Å². The predicted octanol–water partition coefficient (Wildman–Crippen LogP) is 3.05. The standard InChI is InChI=1S/C18H16FN3O3/c1-11-20-17(22-25-11)16(12-7-3-5-9-14(12)19)21-18(23)13-8-4-6-10-15(13)24-2/h3-10,16H,1-2H3,(H,21,23). The number of amides is 1. The Bertz CT molecular complexity index is 895. The number of rotatable bonds is 5. The Hall–Kier alpha value is -3.22. The number of hydrogen-bond donors (Lipinski definition) is 1. The number of methoxy groups -OCH3 is 1. The van der Waals surface area contributed by atoms with Crippen LogP contribution >= 0.6 is 0 Å². The van der Waals surface area contributed by atoms with Crippen LogP contribution in [-0.4, -0.2) is 23.2 Å². The lowest BCUT2D eigenvalue weighted by Crippen LogP contribution is -2.31. The van der Waals surface area contributed by atoms with E-state index in [-0.39, 0.29) is 11.4 Å². The number of para-hydroxylation sites is 1. The van der Waals surface area contributed by atoms with Crippen molar-refractivity contribution in [3.63, 3.8) is 0 Å². The van der Waals surface area contributed by atoms with Crippen LogP contribution in [0.2, 0.25) is 0 Å². The molecule has 2 aromatic carbocycles. The Morgan fingerprint density at radius 3 is 2.60 bits per heavy atom. The SMILES string of the molecule is COc1ccccc1C(=O)NC(c1noc(C)n1)c1ccccc1F. The summed E-state index contributed by atoms with van der Waals surface area (Å²) in [5, 5.41) is 6.57. The lowest BCUT2D eigenvalue weighted by molar-refractivity contribution is 0.0937. The molecule has 1 heterocycles. The van der Waals surface area contributed by atoms with E-state index < -0.39 is 17.8 Å². The fourth-order valence-corrected chi connectivity index (χ4v) is 2.46. The van der Waals surface area contributed by atoms with Gasteiger partial charge >= 0.3 is 0 Å². The molecule has 0 radical (unpaired) electrons. The molecule has 0 saturated carbocycles. The predicted molar refractivity (Wildman–Crippen MR) is 87.7 cm³/mol. The zero-order valence-electron chi connectivity index (χ0n) is 13.7. The Labute approximate surface area is 143 Å². The van der Waals surface area contributed by atoms with E-state index in [4.69, 9.17) is 9.26 Å². The van der Waals surface area contributed by atoms with Crippen LogP contribution in [-0.2, 0) is 0 Å². The first-order chi connectivity index (χ1) is 12.1. The molecular formula is C18H16FN3O3. The number of nitrogens with one attached hydrogen (secondary N) is 1. The van der Waals surface area contributed by atoms with Crippen LogP contribution in [0.1, 0.15) is 33.7 Å². The number of nitrogens with zero attached hydrogens (tertiary/aromatic N) is 2. The minimum Gasteiger partial charge on any atom is -0.496 e. The molecule has 0 bridgehead atoms. The van der Waals surface area contributed by atoms with Gasteiger partial charge in [0.2, 0.25) is 5.89 Å². The molecule has 25 heavy (non-hydrogen) atoms. The molecule has 0 spiro atoms. The number of carbonyl (C=O) groups excluding carboxylic acids is 1. The molecule has 1 atom stereocenters. The minimum atomic E-state index is -0.893. The third-order valence-electron chi connectivity index (χ3n) is 3.64. The van der Waals surface area contributed by atoms with Crippen LogP contribution < -0.4 is 10.1 Å². The van der Waals surface area contributed by atoms with Crippen LogP contribution in [0, 0.1) is 12.7 Å². The highest BCUT2D eigenvalue weighted by Gasteiger charge is 2.26. The summed E-state index contributed by atoms with van der Waals surface area (Å²) in [6, 6.07) is 12.0. The maximum Gasteiger partial charge on any atom is 0.255 e. The highest BCUT2D eigenvalue weighted by atomic mass is 19.1. The van der Waals surface area contributed by atoms with Gasteiger partial charge in [0.15, 0.2) is 5.82 Å². The van der Waals surface area contributed by atoms with Gasteiger partial charge in [0.05, 0.1) is 12.7 Å². The van der Waals surface area contributed by atoms with Gasteiger partial charge in [-0.1, -0.05) is 35.5 Å². The lowest BCUT2D eigenvalue weighted by atomic mass is 10.0. The first kappa shape index (κ1) is 16.6. The Morgan fingerprint density at radius 1 is 1.20 bits per heavy atom. The van der Waals surface area contributed by atoms with Gasteiger partial charge in [-0.05, 0) is 18.2 Å². The van der Waals surface area contributed by atoms with Gasteiger partial charge in [0, 0.05) is 12.5 Å². The summed E-state index contributed by atoms with van der Waals surface area (Å²) in [4.78, 5) is 16.8. The Kier molecular flexibility index (Phi) is 4.74. The summed E-state index contributed by atoms with van der Waals surface area (Å²) in [5.74, 6) is -0.00580. The van der Waals surface area contributed by atoms with Crippen molar-refractivity contribution < 1.29 is 18.4 Å². The molecule has 6 nitrogen and oxygen atoms in total. The van der Waals surface area contributed by atoms with E-state index in [0.29, 0.717) is 17.2 Å². The van der Waals surface area contributed by atoms with Gasteiger partial charge in [-0.25, -0.2) is 4.39 Å². The van der Waals surface area contributed by atoms with Gasteiger partial charge in [-0.3, -0.25) is 4.79 Å². The monoisotopic (exact) mass is 341 g/mol. The van der Waals surface area contributed by atoms with E-state index in [1.807, 2.05) is 0 Å². The van der Waals surface area contributed by atoms with Crippen molar-refractivity contribution in [1.82, 2.24) is 15.5 Å². The average molecular weight is 341 g/mol. The number of benzene rings is 2. The molecule has 3 aromatic rings. The summed E-state index contributed by atoms with van der Waals surface area (Å²) >= 11 is 0. The number of ether oxygens (including phenoxy) is 1. The molecule has 128 valence electrons. The van der Waals surface area contributed by atoms with Crippen molar-refractivity contribution in [3.8, 4) is 5.75 Å². The van der Waals surface area contributed by atoms with Crippen LogP contribution in [0.4, 0.5) is 4.39 Å². The fraction of sp³-hybridized carbons (Fsp3) is 0.167. The molecule has 0 saturated heterocycles. The number of halogens is 1. The van der Waals surface area contributed by atoms with E-state index in [2.05, 4.69) is 15.5 Å². The lowest BCUT2D eigenvalue weighted by Gasteiger charge is -2.17. The second-order valence-corrected chi connectivity index (χ2v) is 5.30. The van der Waals surface area contributed by atoms with Crippen LogP contribution in [0.15, 0.2) is 53.1 Å². The Balaban J connectivity index is 1.98. The summed E-state index contributed by atoms with van der Waals surface area (Å²) < 4.78 is 24.5. The van der Waals surface area contributed by atoms with E-state index in [1.165, 1.54) is 13.2 Å². The minimum absolute atomic E-state index is 0.172. The fourth-order valence-electron chi connectivity index (χ4n) is 2.46. The average Bonchev–Trinajstić information content (AvgIpc) is 3.06. The third-order valence-corrected chi connectivity index (χ3v) is 3.64. The number of hydrogen-bond acceptors (Lipinski definition) is 5. The van der Waals surface area contributed by atoms with Crippen molar-refractivity contribution in [2.24, 2.45) is 0 Å². The highest BCUT2D eigenvalue weighted by Crippen LogP contribution is 2.24. The Morgan fingerprint density at radius 2 is 1.92 bits per heavy atom. The molecule has 1 amide bonds. The molecule has 1 aromatic heterocycles. The van der Waals surface area contributed by atoms with Crippen LogP contribution in [0.3, 0.4) is 0 Å². The molecule has 0 aliphatic carbocycles. The zero-order valence-corrected chi connectivity index (χ0v) is 13.7. The van der Waals surface area contributed by atoms with Crippen LogP contribution in [0.5, 0.6) is 5.75 Å². The van der Waals surface area contributed by atoms with E-state index in [9.17, 15) is 9.18 Å². The maximum atomic E-state index is 14.3. The van der Waals surface area contributed by atoms with Crippen molar-refractivity contribution in [2.75, 3.05) is 7.11 Å². The van der Waals surface area contributed by atoms with Crippen molar-refractivity contribution in [3.05, 3.63) is 77.2 Å². The summed E-state index contributed by atoms with van der Waals surface area (Å²) in [7, 11) is 1.48. The molecule has 1 unspecified atom stereocenters. The highest BCUT2D eigenvalue weighted by molar-refractivity contribution is 5.97. The largest absolute Gasteiger partial charge is 0.496 e. The molecule has 7 heteroatoms. The van der Waals surface area contributed by atoms with E-state index in [0.717, 1.165) is 0 Å². The van der Waals surface area contributed by atoms with Gasteiger partial charge in [-0.15, -0.1) is 0 Å². The molecular weight excluding hydrogens is 325 g/mol. The quantitative estimate of drug-likeness (QED) is 0.772. The second kappa shape index (κ2) is 7.12. The zero-order chi connectivity index (χ0) is 17.8. The maximum absolute atomic E-state index is 14.3. The van der Waals surface area contributed by atoms with Gasteiger partial charge in [0.25, 0.3) is 5.91 Å². The summed E-state index contributed by atoms with van der Waals surface area (Å²) in [6.45, 7) is 1.62. The molecule has 0 aliphatic rings. The van der Waals surface area contributed by atoms with Gasteiger partial charge in [0.1, 0.15) is 17.6 Å². The van der Waals surface area contributed by atoms with Gasteiger partial charge in [-0.2, -0.15) is 4.98 Å². The summed E-state index contributed by atoms with van der Waals surface area (Å²) in [6.07, 6.45) is 0. The van der Waals surface area contributed by atoms with E-state index >= 15 is 0 Å². The number of aryl methyl sites for hydroxylation is 1. The van der Waals surface area contributed by atoms with E-state index in [1.54, 1.807) is 49.4 Å². The first-order valence-corrected chi connectivity index (χ1v) is 7.58. The topological polar surface area (TPSA) is 77.2 Å². The van der Waals surface area contributed by atoms with Gasteiger partial charge < -0.3 is 14.6 Å². The second-order valence-electron chi connectivity index (χ2n) is 5.30. The molecule has 0 aliphatic heterocycles. The smallest absolute Gasteiger partial charge is 0.255 e. The normalized spacial score (nSPS) is 11.8. The number of carbonyl (C=O) groups is 1. The molecule has 1 N–H and O–H groups in total.